The van der Waals surface area contributed by atoms with Gasteiger partial charge in [-0.05, 0) is 0 Å². The first kappa shape index (κ1) is 12.8. The van der Waals surface area contributed by atoms with E-state index in [1.54, 1.807) is 4.72 Å². The summed E-state index contributed by atoms with van der Waals surface area (Å²) in [5, 5.41) is 0. The van der Waals surface area contributed by atoms with Gasteiger partial charge in [0.25, 0.3) is 0 Å². The van der Waals surface area contributed by atoms with Crippen molar-refractivity contribution in [2.45, 2.75) is 6.54 Å². The summed E-state index contributed by atoms with van der Waals surface area (Å²) < 4.78 is 64.2. The number of halogens is 3. The molecule has 2 rings (SSSR count). The van der Waals surface area contributed by atoms with Gasteiger partial charge >= 0.3 is 10.2 Å². The van der Waals surface area contributed by atoms with E-state index in [1.165, 1.54) is 0 Å². The number of benzene rings is 1. The Bertz CT molecular complexity index is 594. The monoisotopic (exact) mass is 280 g/mol. The topological polar surface area (TPSA) is 66.5 Å². The van der Waals surface area contributed by atoms with E-state index in [0.717, 1.165) is 0 Å². The second kappa shape index (κ2) is 4.25. The molecule has 0 aliphatic carbocycles. The smallest absolute Gasteiger partial charge is 0.272 e. The zero-order valence-corrected chi connectivity index (χ0v) is 9.60. The highest BCUT2D eigenvalue weighted by molar-refractivity contribution is 7.88. The zero-order chi connectivity index (χ0) is 13.5. The molecule has 0 saturated carbocycles. The van der Waals surface area contributed by atoms with Crippen LogP contribution in [0.25, 0.3) is 0 Å². The van der Waals surface area contributed by atoms with Crippen molar-refractivity contribution in [2.75, 3.05) is 6.54 Å². The van der Waals surface area contributed by atoms with Crippen molar-refractivity contribution in [2.24, 2.45) is 0 Å². The van der Waals surface area contributed by atoms with Gasteiger partial charge in [-0.3, -0.25) is 4.79 Å². The van der Waals surface area contributed by atoms with Gasteiger partial charge in [0.2, 0.25) is 5.91 Å². The quantitative estimate of drug-likeness (QED) is 0.846. The normalized spacial score (nSPS) is 18.9. The Balaban J connectivity index is 2.33. The molecule has 1 fully saturated rings. The summed E-state index contributed by atoms with van der Waals surface area (Å²) in [7, 11) is -4.07. The molecule has 0 radical (unpaired) electrons. The van der Waals surface area contributed by atoms with Crippen molar-refractivity contribution < 1.29 is 26.4 Å². The minimum absolute atomic E-state index is 0.441. The maximum atomic E-state index is 13.3. The van der Waals surface area contributed by atoms with Gasteiger partial charge in [0.1, 0.15) is 17.5 Å². The SMILES string of the molecule is O=C1CN(Cc2c(F)cc(F)cc2F)S(=O)(=O)N1. The molecular weight excluding hydrogens is 273 g/mol. The number of nitrogens with zero attached hydrogens (tertiary/aromatic N) is 1. The van der Waals surface area contributed by atoms with Crippen molar-refractivity contribution in [1.82, 2.24) is 9.03 Å². The molecular formula is C9H7F3N2O3S. The fourth-order valence-corrected chi connectivity index (χ4v) is 2.59. The highest BCUT2D eigenvalue weighted by Crippen LogP contribution is 2.19. The average Bonchev–Trinajstić information content (AvgIpc) is 2.45. The van der Waals surface area contributed by atoms with E-state index < -0.39 is 52.2 Å². The van der Waals surface area contributed by atoms with Crippen LogP contribution in [0, 0.1) is 17.5 Å². The summed E-state index contributed by atoms with van der Waals surface area (Å²) in [6.45, 7) is -1.21. The fraction of sp³-hybridized carbons (Fsp3) is 0.222. The molecule has 1 N–H and O–H groups in total. The van der Waals surface area contributed by atoms with E-state index in [0.29, 0.717) is 16.4 Å². The molecule has 1 saturated heterocycles. The molecule has 1 aliphatic rings. The predicted octanol–water partition coefficient (Wildman–Crippen LogP) is 0.281. The molecule has 9 heteroatoms. The van der Waals surface area contributed by atoms with Crippen molar-refractivity contribution in [1.29, 1.82) is 0 Å². The van der Waals surface area contributed by atoms with Gasteiger partial charge in [0.05, 0.1) is 6.54 Å². The molecule has 18 heavy (non-hydrogen) atoms. The van der Waals surface area contributed by atoms with Crippen LogP contribution < -0.4 is 4.72 Å². The molecule has 1 amide bonds. The molecule has 1 aromatic carbocycles. The lowest BCUT2D eigenvalue weighted by Gasteiger charge is -2.13. The molecule has 1 aliphatic heterocycles. The maximum Gasteiger partial charge on any atom is 0.304 e. The summed E-state index contributed by atoms with van der Waals surface area (Å²) >= 11 is 0. The minimum Gasteiger partial charge on any atom is -0.272 e. The van der Waals surface area contributed by atoms with Crippen LogP contribution in [0.15, 0.2) is 12.1 Å². The van der Waals surface area contributed by atoms with Crippen LogP contribution in [0.5, 0.6) is 0 Å². The molecule has 5 nitrogen and oxygen atoms in total. The van der Waals surface area contributed by atoms with E-state index in [9.17, 15) is 26.4 Å². The predicted molar refractivity (Wildman–Crippen MR) is 53.8 cm³/mol. The van der Waals surface area contributed by atoms with Crippen molar-refractivity contribution in [3.63, 3.8) is 0 Å². The van der Waals surface area contributed by atoms with Crippen LogP contribution in [0.2, 0.25) is 0 Å². The third kappa shape index (κ3) is 2.31. The molecule has 1 aromatic rings. The van der Waals surface area contributed by atoms with E-state index in [1.807, 2.05) is 0 Å². The Labute approximate surface area is 100 Å². The minimum atomic E-state index is -4.07. The number of amides is 1. The largest absolute Gasteiger partial charge is 0.304 e. The molecule has 0 aromatic heterocycles. The lowest BCUT2D eigenvalue weighted by atomic mass is 10.2. The second-order valence-corrected chi connectivity index (χ2v) is 5.32. The Hall–Kier alpha value is -1.61. The van der Waals surface area contributed by atoms with E-state index >= 15 is 0 Å². The van der Waals surface area contributed by atoms with E-state index in [2.05, 4.69) is 0 Å². The number of carbonyl (C=O) groups excluding carboxylic acids is 1. The van der Waals surface area contributed by atoms with E-state index in [4.69, 9.17) is 0 Å². The standard InChI is InChI=1S/C9H7F3N2O3S/c10-5-1-7(11)6(8(12)2-5)3-14-4-9(15)13-18(14,16)17/h1-2H,3-4H2,(H,13,15). The first-order chi connectivity index (χ1) is 8.29. The van der Waals surface area contributed by atoms with Crippen molar-refractivity contribution >= 4 is 16.1 Å². The van der Waals surface area contributed by atoms with Crippen LogP contribution in [-0.2, 0) is 21.5 Å². The van der Waals surface area contributed by atoms with Crippen LogP contribution in [0.4, 0.5) is 13.2 Å². The Kier molecular flexibility index (Phi) is 3.03. The Morgan fingerprint density at radius 3 is 2.22 bits per heavy atom. The summed E-state index contributed by atoms with van der Waals surface area (Å²) in [5.41, 5.74) is -0.614. The van der Waals surface area contributed by atoms with E-state index in [-0.39, 0.29) is 0 Å². The maximum absolute atomic E-state index is 13.3. The third-order valence-corrected chi connectivity index (χ3v) is 3.77. The number of hydrogen-bond acceptors (Lipinski definition) is 3. The van der Waals surface area contributed by atoms with Gasteiger partial charge in [0, 0.05) is 24.2 Å². The Morgan fingerprint density at radius 2 is 1.78 bits per heavy atom. The zero-order valence-electron chi connectivity index (χ0n) is 8.78. The van der Waals surface area contributed by atoms with Crippen LogP contribution in [0.1, 0.15) is 5.56 Å². The van der Waals surface area contributed by atoms with Gasteiger partial charge in [0.15, 0.2) is 0 Å². The molecule has 0 atom stereocenters. The fourth-order valence-electron chi connectivity index (χ4n) is 1.53. The Morgan fingerprint density at radius 1 is 1.22 bits per heavy atom. The number of rotatable bonds is 2. The van der Waals surface area contributed by atoms with Crippen molar-refractivity contribution in [3.8, 4) is 0 Å². The lowest BCUT2D eigenvalue weighted by Crippen LogP contribution is -2.30. The third-order valence-electron chi connectivity index (χ3n) is 2.34. The molecule has 1 heterocycles. The summed E-state index contributed by atoms with van der Waals surface area (Å²) in [4.78, 5) is 10.9. The highest BCUT2D eigenvalue weighted by atomic mass is 32.2. The highest BCUT2D eigenvalue weighted by Gasteiger charge is 2.34. The summed E-state index contributed by atoms with van der Waals surface area (Å²) in [6, 6.07) is 0.882. The second-order valence-electron chi connectivity index (χ2n) is 3.65. The first-order valence-electron chi connectivity index (χ1n) is 4.74. The van der Waals surface area contributed by atoms with Crippen LogP contribution >= 0.6 is 0 Å². The van der Waals surface area contributed by atoms with Crippen LogP contribution in [-0.4, -0.2) is 25.2 Å². The van der Waals surface area contributed by atoms with Gasteiger partial charge in [-0.25, -0.2) is 17.9 Å². The van der Waals surface area contributed by atoms with Crippen molar-refractivity contribution in [3.05, 3.63) is 35.1 Å². The average molecular weight is 280 g/mol. The summed E-state index contributed by atoms with van der Waals surface area (Å²) in [6.07, 6.45) is 0. The van der Waals surface area contributed by atoms with Gasteiger partial charge in [-0.1, -0.05) is 0 Å². The van der Waals surface area contributed by atoms with Gasteiger partial charge in [-0.15, -0.1) is 0 Å². The number of hydrogen-bond donors (Lipinski definition) is 1. The van der Waals surface area contributed by atoms with Gasteiger partial charge < -0.3 is 0 Å². The number of carbonyl (C=O) groups is 1. The molecule has 0 bridgehead atoms. The molecule has 98 valence electrons. The number of nitrogens with one attached hydrogen (secondary N) is 1. The van der Waals surface area contributed by atoms with Gasteiger partial charge in [-0.2, -0.15) is 12.7 Å². The lowest BCUT2D eigenvalue weighted by molar-refractivity contribution is -0.118. The first-order valence-corrected chi connectivity index (χ1v) is 6.18. The van der Waals surface area contributed by atoms with Crippen LogP contribution in [0.3, 0.4) is 0 Å². The molecule has 0 spiro atoms. The summed E-state index contributed by atoms with van der Waals surface area (Å²) in [5.74, 6) is -4.31. The molecule has 0 unspecified atom stereocenters.